The highest BCUT2D eigenvalue weighted by molar-refractivity contribution is 4.99. The Labute approximate surface area is 120 Å². The average molecular weight is 266 g/mol. The van der Waals surface area contributed by atoms with Crippen molar-refractivity contribution in [2.24, 2.45) is 11.8 Å². The first kappa shape index (κ1) is 15.3. The van der Waals surface area contributed by atoms with Crippen LogP contribution in [0.15, 0.2) is 0 Å². The van der Waals surface area contributed by atoms with Crippen molar-refractivity contribution in [1.82, 2.24) is 9.80 Å². The lowest BCUT2D eigenvalue weighted by Gasteiger charge is -2.55. The van der Waals surface area contributed by atoms with Gasteiger partial charge in [-0.3, -0.25) is 4.90 Å². The van der Waals surface area contributed by atoms with Crippen molar-refractivity contribution in [2.45, 2.75) is 71.9 Å². The third-order valence-corrected chi connectivity index (χ3v) is 5.59. The van der Waals surface area contributed by atoms with Gasteiger partial charge in [-0.2, -0.15) is 0 Å². The maximum absolute atomic E-state index is 2.85. The Morgan fingerprint density at radius 1 is 1.00 bits per heavy atom. The molecule has 0 aliphatic carbocycles. The van der Waals surface area contributed by atoms with Gasteiger partial charge in [0.05, 0.1) is 0 Å². The topological polar surface area (TPSA) is 6.48 Å². The van der Waals surface area contributed by atoms with E-state index in [-0.39, 0.29) is 0 Å². The molecule has 2 heteroatoms. The van der Waals surface area contributed by atoms with Gasteiger partial charge < -0.3 is 4.90 Å². The van der Waals surface area contributed by atoms with Crippen LogP contribution in [0.5, 0.6) is 0 Å². The van der Waals surface area contributed by atoms with E-state index >= 15 is 0 Å². The van der Waals surface area contributed by atoms with Crippen molar-refractivity contribution in [2.75, 3.05) is 26.2 Å². The molecule has 3 heterocycles. The Kier molecular flexibility index (Phi) is 5.70. The van der Waals surface area contributed by atoms with E-state index in [0.29, 0.717) is 0 Å². The lowest BCUT2D eigenvalue weighted by Crippen LogP contribution is -2.62. The van der Waals surface area contributed by atoms with Crippen LogP contribution in [-0.4, -0.2) is 48.1 Å². The smallest absolute Gasteiger partial charge is 0.0136 e. The molecule has 0 aromatic heterocycles. The molecule has 3 aliphatic rings. The SMILES string of the molecule is CC.CCC1C2CC(CN1CC)C1CCCCN1C2. The average Bonchev–Trinajstić information content (AvgIpc) is 2.49. The summed E-state index contributed by atoms with van der Waals surface area (Å²) in [5, 5.41) is 0. The van der Waals surface area contributed by atoms with Gasteiger partial charge in [0.1, 0.15) is 0 Å². The first-order valence-corrected chi connectivity index (χ1v) is 8.81. The molecule has 3 aliphatic heterocycles. The van der Waals surface area contributed by atoms with Gasteiger partial charge in [-0.1, -0.05) is 34.1 Å². The molecule has 0 spiro atoms. The van der Waals surface area contributed by atoms with Gasteiger partial charge in [0, 0.05) is 25.2 Å². The summed E-state index contributed by atoms with van der Waals surface area (Å²) in [6.45, 7) is 14.2. The molecule has 3 rings (SSSR count). The Bertz CT molecular complexity index is 254. The van der Waals surface area contributed by atoms with Gasteiger partial charge in [0.15, 0.2) is 0 Å². The third kappa shape index (κ3) is 3.00. The van der Waals surface area contributed by atoms with E-state index in [4.69, 9.17) is 0 Å². The molecular weight excluding hydrogens is 232 g/mol. The minimum Gasteiger partial charge on any atom is -0.300 e. The molecule has 0 N–H and O–H groups in total. The molecule has 4 unspecified atom stereocenters. The molecule has 2 bridgehead atoms. The Morgan fingerprint density at radius 2 is 1.79 bits per heavy atom. The summed E-state index contributed by atoms with van der Waals surface area (Å²) in [6.07, 6.45) is 7.28. The largest absolute Gasteiger partial charge is 0.300 e. The van der Waals surface area contributed by atoms with E-state index < -0.39 is 0 Å². The predicted molar refractivity (Wildman–Crippen MR) is 83.5 cm³/mol. The fourth-order valence-corrected chi connectivity index (χ4v) is 4.86. The molecular formula is C17H34N2. The molecule has 112 valence electrons. The highest BCUT2D eigenvalue weighted by atomic mass is 15.2. The summed E-state index contributed by atoms with van der Waals surface area (Å²) in [5.41, 5.74) is 0. The van der Waals surface area contributed by atoms with Crippen LogP contribution in [0.2, 0.25) is 0 Å². The molecule has 0 amide bonds. The van der Waals surface area contributed by atoms with E-state index in [2.05, 4.69) is 23.6 Å². The van der Waals surface area contributed by atoms with Gasteiger partial charge in [-0.05, 0) is 50.6 Å². The lowest BCUT2D eigenvalue weighted by molar-refractivity contribution is -0.0603. The second kappa shape index (κ2) is 7.08. The lowest BCUT2D eigenvalue weighted by atomic mass is 9.72. The second-order valence-corrected chi connectivity index (χ2v) is 6.38. The normalized spacial score (nSPS) is 39.2. The summed E-state index contributed by atoms with van der Waals surface area (Å²) in [7, 11) is 0. The van der Waals surface area contributed by atoms with Crippen LogP contribution in [0, 0.1) is 11.8 Å². The fourth-order valence-electron chi connectivity index (χ4n) is 4.86. The summed E-state index contributed by atoms with van der Waals surface area (Å²) in [5.74, 6) is 1.95. The molecule has 0 saturated carbocycles. The quantitative estimate of drug-likeness (QED) is 0.753. The summed E-state index contributed by atoms with van der Waals surface area (Å²) in [4.78, 5) is 5.63. The number of hydrogen-bond donors (Lipinski definition) is 0. The van der Waals surface area contributed by atoms with E-state index in [1.165, 1.54) is 58.3 Å². The molecule has 0 aromatic rings. The van der Waals surface area contributed by atoms with Gasteiger partial charge in [0.2, 0.25) is 0 Å². The van der Waals surface area contributed by atoms with Crippen LogP contribution in [0.1, 0.15) is 59.8 Å². The van der Waals surface area contributed by atoms with Crippen molar-refractivity contribution in [3.8, 4) is 0 Å². The van der Waals surface area contributed by atoms with Crippen molar-refractivity contribution in [3.63, 3.8) is 0 Å². The third-order valence-electron chi connectivity index (χ3n) is 5.59. The fraction of sp³-hybridized carbons (Fsp3) is 1.00. The highest BCUT2D eigenvalue weighted by Gasteiger charge is 2.44. The Morgan fingerprint density at radius 3 is 2.47 bits per heavy atom. The molecule has 0 aromatic carbocycles. The summed E-state index contributed by atoms with van der Waals surface area (Å²) >= 11 is 0. The maximum Gasteiger partial charge on any atom is 0.0136 e. The van der Waals surface area contributed by atoms with Crippen LogP contribution < -0.4 is 0 Å². The van der Waals surface area contributed by atoms with Crippen molar-refractivity contribution in [3.05, 3.63) is 0 Å². The first-order chi connectivity index (χ1) is 9.33. The number of piperidine rings is 3. The standard InChI is InChI=1S/C15H28N2.C2H6/c1-3-14-12-9-13(10-16(14)4-2)15-7-5-6-8-17(15)11-12;1-2/h12-15H,3-11H2,1-2H3;1-2H3. The minimum atomic E-state index is 0.874. The Hall–Kier alpha value is -0.0800. The monoisotopic (exact) mass is 266 g/mol. The van der Waals surface area contributed by atoms with E-state index in [0.717, 1.165) is 23.9 Å². The molecule has 19 heavy (non-hydrogen) atoms. The highest BCUT2D eigenvalue weighted by Crippen LogP contribution is 2.40. The number of fused-ring (bicyclic) bond motifs is 4. The zero-order chi connectivity index (χ0) is 13.8. The van der Waals surface area contributed by atoms with Crippen molar-refractivity contribution >= 4 is 0 Å². The minimum absolute atomic E-state index is 0.874. The molecule has 3 saturated heterocycles. The summed E-state index contributed by atoms with van der Waals surface area (Å²) < 4.78 is 0. The number of nitrogens with zero attached hydrogens (tertiary/aromatic N) is 2. The summed E-state index contributed by atoms with van der Waals surface area (Å²) in [6, 6.07) is 1.81. The van der Waals surface area contributed by atoms with Gasteiger partial charge in [-0.25, -0.2) is 0 Å². The van der Waals surface area contributed by atoms with E-state index in [1.807, 2.05) is 13.8 Å². The second-order valence-electron chi connectivity index (χ2n) is 6.38. The van der Waals surface area contributed by atoms with Gasteiger partial charge >= 0.3 is 0 Å². The van der Waals surface area contributed by atoms with Crippen LogP contribution in [0.4, 0.5) is 0 Å². The first-order valence-electron chi connectivity index (χ1n) is 8.81. The van der Waals surface area contributed by atoms with Crippen LogP contribution in [0.3, 0.4) is 0 Å². The van der Waals surface area contributed by atoms with Gasteiger partial charge in [-0.15, -0.1) is 0 Å². The van der Waals surface area contributed by atoms with Crippen LogP contribution >= 0.6 is 0 Å². The predicted octanol–water partition coefficient (Wildman–Crippen LogP) is 3.62. The maximum atomic E-state index is 2.85. The zero-order valence-electron chi connectivity index (χ0n) is 13.6. The van der Waals surface area contributed by atoms with Gasteiger partial charge in [0.25, 0.3) is 0 Å². The molecule has 0 radical (unpaired) electrons. The molecule has 2 nitrogen and oxygen atoms in total. The van der Waals surface area contributed by atoms with E-state index in [9.17, 15) is 0 Å². The number of hydrogen-bond acceptors (Lipinski definition) is 2. The van der Waals surface area contributed by atoms with Crippen LogP contribution in [-0.2, 0) is 0 Å². The van der Waals surface area contributed by atoms with Crippen LogP contribution in [0.25, 0.3) is 0 Å². The van der Waals surface area contributed by atoms with E-state index in [1.54, 1.807) is 0 Å². The number of rotatable bonds is 2. The zero-order valence-corrected chi connectivity index (χ0v) is 13.6. The molecule has 3 fully saturated rings. The van der Waals surface area contributed by atoms with Crippen molar-refractivity contribution in [1.29, 1.82) is 0 Å². The number of likely N-dealkylation sites (tertiary alicyclic amines) is 1. The Balaban J connectivity index is 0.000000637. The molecule has 4 atom stereocenters. The van der Waals surface area contributed by atoms with Crippen molar-refractivity contribution < 1.29 is 0 Å².